The molecular formula is C26H20ClN5O4. The molecule has 0 fully saturated rings. The number of hydrogen-bond acceptors (Lipinski definition) is 6. The number of benzene rings is 2. The molecule has 0 atom stereocenters. The van der Waals surface area contributed by atoms with Crippen molar-refractivity contribution >= 4 is 40.8 Å². The van der Waals surface area contributed by atoms with Crippen molar-refractivity contribution in [1.29, 1.82) is 0 Å². The zero-order chi connectivity index (χ0) is 25.2. The number of anilines is 2. The number of ether oxygens (including phenoxy) is 1. The Morgan fingerprint density at radius 1 is 0.972 bits per heavy atom. The molecule has 0 saturated carbocycles. The molecule has 2 N–H and O–H groups in total. The lowest BCUT2D eigenvalue weighted by atomic mass is 10.1. The second-order valence-electron chi connectivity index (χ2n) is 7.93. The van der Waals surface area contributed by atoms with Crippen molar-refractivity contribution in [3.05, 3.63) is 89.7 Å². The number of fused-ring (bicyclic) bond motifs is 1. The molecule has 0 radical (unpaired) electrons. The van der Waals surface area contributed by atoms with Crippen LogP contribution in [0.25, 0.3) is 28.2 Å². The number of carbonyl (C=O) groups excluding carboxylic acids is 2. The Morgan fingerprint density at radius 3 is 2.47 bits per heavy atom. The number of methoxy groups -OCH3 is 1. The fourth-order valence-electron chi connectivity index (χ4n) is 3.63. The van der Waals surface area contributed by atoms with Gasteiger partial charge in [-0.3, -0.25) is 14.5 Å². The number of aromatic nitrogens is 3. The van der Waals surface area contributed by atoms with Gasteiger partial charge in [0.25, 0.3) is 5.91 Å². The largest absolute Gasteiger partial charge is 0.456 e. The third-order valence-corrected chi connectivity index (χ3v) is 5.75. The second-order valence-corrected chi connectivity index (χ2v) is 8.34. The molecule has 0 aliphatic carbocycles. The Balaban J connectivity index is 1.40. The monoisotopic (exact) mass is 501 g/mol. The van der Waals surface area contributed by atoms with Crippen molar-refractivity contribution in [2.45, 2.75) is 6.92 Å². The number of rotatable bonds is 5. The number of carbonyl (C=O) groups is 2. The number of halogens is 1. The Morgan fingerprint density at radius 2 is 1.75 bits per heavy atom. The molecule has 180 valence electrons. The molecule has 0 saturated heterocycles. The zero-order valence-electron chi connectivity index (χ0n) is 19.3. The number of furan rings is 1. The molecule has 9 nitrogen and oxygen atoms in total. The number of nitrogens with zero attached hydrogens (tertiary/aromatic N) is 3. The van der Waals surface area contributed by atoms with Crippen molar-refractivity contribution in [3.8, 4) is 22.4 Å². The van der Waals surface area contributed by atoms with Crippen LogP contribution in [0.1, 0.15) is 16.3 Å². The molecule has 36 heavy (non-hydrogen) atoms. The molecule has 0 unspecified atom stereocenters. The number of amides is 2. The van der Waals surface area contributed by atoms with Crippen LogP contribution in [0.4, 0.5) is 16.2 Å². The lowest BCUT2D eigenvalue weighted by Gasteiger charge is -2.07. The highest BCUT2D eigenvalue weighted by atomic mass is 35.5. The summed E-state index contributed by atoms with van der Waals surface area (Å²) < 4.78 is 11.8. The molecule has 3 heterocycles. The highest BCUT2D eigenvalue weighted by Crippen LogP contribution is 2.31. The highest BCUT2D eigenvalue weighted by molar-refractivity contribution is 6.33. The third-order valence-electron chi connectivity index (χ3n) is 5.42. The second kappa shape index (κ2) is 9.55. The molecule has 5 aromatic rings. The fraction of sp³-hybridized carbons (Fsp3) is 0.0769. The van der Waals surface area contributed by atoms with Gasteiger partial charge in [0, 0.05) is 41.1 Å². The smallest absolute Gasteiger partial charge is 0.411 e. The molecule has 2 aromatic carbocycles. The molecule has 10 heteroatoms. The molecule has 0 bridgehead atoms. The van der Waals surface area contributed by atoms with Crippen molar-refractivity contribution in [1.82, 2.24) is 14.4 Å². The maximum atomic E-state index is 12.5. The molecule has 3 aromatic heterocycles. The van der Waals surface area contributed by atoms with E-state index in [1.807, 2.05) is 24.5 Å². The van der Waals surface area contributed by atoms with Gasteiger partial charge in [-0.15, -0.1) is 0 Å². The minimum absolute atomic E-state index is 0.225. The van der Waals surface area contributed by atoms with Crippen LogP contribution >= 0.6 is 11.6 Å². The molecule has 0 aliphatic rings. The summed E-state index contributed by atoms with van der Waals surface area (Å²) in [4.78, 5) is 32.9. The minimum Gasteiger partial charge on any atom is -0.456 e. The topological polar surface area (TPSA) is 111 Å². The van der Waals surface area contributed by atoms with E-state index in [4.69, 9.17) is 16.0 Å². The van der Waals surface area contributed by atoms with Gasteiger partial charge in [-0.25, -0.2) is 14.8 Å². The van der Waals surface area contributed by atoms with Gasteiger partial charge in [0.05, 0.1) is 17.8 Å². The van der Waals surface area contributed by atoms with Crippen LogP contribution < -0.4 is 10.6 Å². The van der Waals surface area contributed by atoms with Crippen molar-refractivity contribution < 1.29 is 18.7 Å². The third kappa shape index (κ3) is 4.77. The van der Waals surface area contributed by atoms with E-state index in [1.165, 1.54) is 7.11 Å². The summed E-state index contributed by atoms with van der Waals surface area (Å²) in [6.45, 7) is 1.78. The minimum atomic E-state index is -0.532. The predicted molar refractivity (Wildman–Crippen MR) is 136 cm³/mol. The highest BCUT2D eigenvalue weighted by Gasteiger charge is 2.14. The molecule has 0 aliphatic heterocycles. The van der Waals surface area contributed by atoms with Crippen LogP contribution in [0.15, 0.2) is 77.6 Å². The molecular weight excluding hydrogens is 482 g/mol. The molecule has 0 spiro atoms. The van der Waals surface area contributed by atoms with Gasteiger partial charge in [-0.2, -0.15) is 0 Å². The first-order valence-corrected chi connectivity index (χ1v) is 11.3. The lowest BCUT2D eigenvalue weighted by molar-refractivity contribution is 0.0995. The van der Waals surface area contributed by atoms with Crippen LogP contribution in [0.2, 0.25) is 5.02 Å². The van der Waals surface area contributed by atoms with E-state index in [2.05, 4.69) is 25.3 Å². The first-order valence-electron chi connectivity index (χ1n) is 10.9. The van der Waals surface area contributed by atoms with Crippen molar-refractivity contribution in [3.63, 3.8) is 0 Å². The average Bonchev–Trinajstić information content (AvgIpc) is 3.51. The first-order chi connectivity index (χ1) is 17.4. The van der Waals surface area contributed by atoms with E-state index in [1.54, 1.807) is 60.0 Å². The summed E-state index contributed by atoms with van der Waals surface area (Å²) in [5.41, 5.74) is 4.19. The Bertz CT molecular complexity index is 1590. The lowest BCUT2D eigenvalue weighted by Crippen LogP contribution is -2.10. The van der Waals surface area contributed by atoms with E-state index in [0.717, 1.165) is 11.1 Å². The van der Waals surface area contributed by atoms with Gasteiger partial charge in [0.2, 0.25) is 5.78 Å². The predicted octanol–water partition coefficient (Wildman–Crippen LogP) is 6.05. The van der Waals surface area contributed by atoms with Gasteiger partial charge >= 0.3 is 6.09 Å². The number of aryl methyl sites for hydroxylation is 1. The van der Waals surface area contributed by atoms with Gasteiger partial charge < -0.3 is 14.5 Å². The van der Waals surface area contributed by atoms with Gasteiger partial charge in [0.1, 0.15) is 5.76 Å². The summed E-state index contributed by atoms with van der Waals surface area (Å²) in [6, 6.07) is 15.8. The Labute approximate surface area is 210 Å². The molecule has 2 amide bonds. The van der Waals surface area contributed by atoms with Crippen LogP contribution in [0.5, 0.6) is 0 Å². The first kappa shape index (κ1) is 23.1. The summed E-state index contributed by atoms with van der Waals surface area (Å²) >= 11 is 6.46. The van der Waals surface area contributed by atoms with Crippen LogP contribution in [-0.4, -0.2) is 33.5 Å². The standard InChI is InChI=1S/C26H20ClN5O4/c1-15-3-10-23(36-15)24(33)29-19-8-9-21(27)20(11-19)22-14-32-13-17(12-28-25(32)31-22)16-4-6-18(7-5-16)30-26(34)35-2/h3-14H,1-2H3,(H,29,33)(H,30,34). The normalized spacial score (nSPS) is 10.9. The van der Waals surface area contributed by atoms with Gasteiger partial charge in [-0.1, -0.05) is 23.7 Å². The van der Waals surface area contributed by atoms with E-state index in [9.17, 15) is 9.59 Å². The van der Waals surface area contributed by atoms with E-state index >= 15 is 0 Å². The number of imidazole rings is 1. The average molecular weight is 502 g/mol. The number of nitrogens with one attached hydrogen (secondary N) is 2. The van der Waals surface area contributed by atoms with E-state index in [0.29, 0.717) is 39.2 Å². The Hall–Kier alpha value is -4.63. The zero-order valence-corrected chi connectivity index (χ0v) is 20.0. The van der Waals surface area contributed by atoms with Gasteiger partial charge in [0.15, 0.2) is 5.76 Å². The fourth-order valence-corrected chi connectivity index (χ4v) is 3.84. The summed E-state index contributed by atoms with van der Waals surface area (Å²) in [6.07, 6.45) is 4.91. The maximum absolute atomic E-state index is 12.5. The maximum Gasteiger partial charge on any atom is 0.411 e. The quantitative estimate of drug-likeness (QED) is 0.303. The van der Waals surface area contributed by atoms with E-state index in [-0.39, 0.29) is 11.7 Å². The van der Waals surface area contributed by atoms with Crippen molar-refractivity contribution in [2.75, 3.05) is 17.7 Å². The number of hydrogen-bond donors (Lipinski definition) is 2. The van der Waals surface area contributed by atoms with E-state index < -0.39 is 6.09 Å². The van der Waals surface area contributed by atoms with Crippen LogP contribution in [-0.2, 0) is 4.74 Å². The summed E-state index contributed by atoms with van der Waals surface area (Å²) in [7, 11) is 1.31. The van der Waals surface area contributed by atoms with Gasteiger partial charge in [-0.05, 0) is 55.0 Å². The van der Waals surface area contributed by atoms with Crippen LogP contribution in [0.3, 0.4) is 0 Å². The summed E-state index contributed by atoms with van der Waals surface area (Å²) in [5, 5.41) is 5.92. The Kier molecular flexibility index (Phi) is 6.14. The SMILES string of the molecule is COC(=O)Nc1ccc(-c2cnc3nc(-c4cc(NC(=O)c5ccc(C)o5)ccc4Cl)cn3c2)cc1. The molecule has 5 rings (SSSR count). The van der Waals surface area contributed by atoms with Crippen molar-refractivity contribution in [2.24, 2.45) is 0 Å². The summed E-state index contributed by atoms with van der Waals surface area (Å²) in [5.74, 6) is 1.02. The van der Waals surface area contributed by atoms with Crippen LogP contribution in [0, 0.1) is 6.92 Å².